The lowest BCUT2D eigenvalue weighted by molar-refractivity contribution is 1.53. The summed E-state index contributed by atoms with van der Waals surface area (Å²) in [6.45, 7) is 7.37. The van der Waals surface area contributed by atoms with Gasteiger partial charge in [-0.2, -0.15) is 0 Å². The van der Waals surface area contributed by atoms with Crippen LogP contribution in [0.3, 0.4) is 0 Å². The molecule has 0 spiro atoms. The third kappa shape index (κ3) is 4.18. The first kappa shape index (κ1) is 8.01. The molecule has 0 aliphatic rings. The maximum Gasteiger partial charge on any atom is 0.267 e. The number of hydrogen-bond donors (Lipinski definition) is 0. The summed E-state index contributed by atoms with van der Waals surface area (Å²) in [6, 6.07) is 0. The predicted molar refractivity (Wildman–Crippen MR) is 41.6 cm³/mol. The van der Waals surface area contributed by atoms with E-state index in [0.29, 0.717) is 0 Å². The average molecular weight is 124 g/mol. The van der Waals surface area contributed by atoms with E-state index in [2.05, 4.69) is 18.9 Å². The molecule has 8 heavy (non-hydrogen) atoms. The van der Waals surface area contributed by atoms with Crippen LogP contribution in [-0.4, -0.2) is 14.1 Å². The minimum atomic E-state index is -0.438. The largest absolute Gasteiger partial charge is 0.267 e. The van der Waals surface area contributed by atoms with E-state index < -0.39 is 14.1 Å². The molecule has 0 rings (SSSR count). The molecule has 0 nitrogen and oxygen atoms in total. The normalized spacial score (nSPS) is 8.12. The summed E-state index contributed by atoms with van der Waals surface area (Å²) in [5.41, 5.74) is 0. The smallest absolute Gasteiger partial charge is 0.105 e. The highest BCUT2D eigenvalue weighted by Crippen LogP contribution is 1.98. The summed E-state index contributed by atoms with van der Waals surface area (Å²) in [5, 5.41) is 2.48. The topological polar surface area (TPSA) is 0 Å². The molecule has 44 valence electrons. The van der Waals surface area contributed by atoms with Gasteiger partial charge in [-0.25, -0.2) is 0 Å². The molecule has 0 amide bonds. The van der Waals surface area contributed by atoms with Crippen molar-refractivity contribution in [3.8, 4) is 0 Å². The highest BCUT2D eigenvalue weighted by molar-refractivity contribution is 6.58. The fourth-order valence-corrected chi connectivity index (χ4v) is 2.00. The summed E-state index contributed by atoms with van der Waals surface area (Å²) in [6.07, 6.45) is 4.03. The molecule has 0 heterocycles. The molecule has 1 heteroatoms. The van der Waals surface area contributed by atoms with E-state index in [1.165, 1.54) is 10.6 Å². The molecule has 0 fully saturated rings. The van der Waals surface area contributed by atoms with Crippen LogP contribution in [-0.2, 0) is 0 Å². The van der Waals surface area contributed by atoms with Crippen molar-refractivity contribution in [2.24, 2.45) is 0 Å². The fourth-order valence-electron chi connectivity index (χ4n) is 0.665. The number of hydrogen-bond acceptors (Lipinski definition) is 0. The highest BCUT2D eigenvalue weighted by atomic mass is 27.2. The first-order valence-electron chi connectivity index (χ1n) is 3.03. The molecule has 0 aromatic rings. The summed E-state index contributed by atoms with van der Waals surface area (Å²) in [5.74, 6) is 2.34. The summed E-state index contributed by atoms with van der Waals surface area (Å²) >= 11 is -0.438. The van der Waals surface area contributed by atoms with Gasteiger partial charge in [-0.1, -0.05) is 10.6 Å². The van der Waals surface area contributed by atoms with Gasteiger partial charge in [0.1, 0.15) is 0 Å². The predicted octanol–water partition coefficient (Wildman–Crippen LogP) is 2.48. The standard InChI is InChI=1S/2C3H5.CH3.Al/c2*1-3-2;;/h2*3H,1-2H2;1H3;. The van der Waals surface area contributed by atoms with E-state index in [1.807, 2.05) is 12.2 Å². The minimum Gasteiger partial charge on any atom is -0.105 e. The van der Waals surface area contributed by atoms with Crippen LogP contribution in [0, 0.1) is 0 Å². The van der Waals surface area contributed by atoms with Gasteiger partial charge in [0, 0.05) is 0 Å². The van der Waals surface area contributed by atoms with Crippen LogP contribution < -0.4 is 0 Å². The Kier molecular flexibility index (Phi) is 5.16. The quantitative estimate of drug-likeness (QED) is 0.399. The molecule has 0 atom stereocenters. The summed E-state index contributed by atoms with van der Waals surface area (Å²) in [7, 11) is 0. The molecule has 0 saturated carbocycles. The second-order valence-electron chi connectivity index (χ2n) is 2.15. The second kappa shape index (κ2) is 5.16. The molecule has 0 aliphatic carbocycles. The lowest BCUT2D eigenvalue weighted by Gasteiger charge is -1.93. The third-order valence-corrected chi connectivity index (χ3v) is 3.41. The Balaban J connectivity index is 3.16. The maximum absolute atomic E-state index is 3.68. The van der Waals surface area contributed by atoms with E-state index in [4.69, 9.17) is 0 Å². The third-order valence-electron chi connectivity index (χ3n) is 1.14. The molecule has 0 N–H and O–H groups in total. The van der Waals surface area contributed by atoms with Gasteiger partial charge >= 0.3 is 0 Å². The molecular formula is C7H13Al. The van der Waals surface area contributed by atoms with Crippen molar-refractivity contribution in [3.05, 3.63) is 25.3 Å². The number of rotatable bonds is 4. The van der Waals surface area contributed by atoms with Crippen LogP contribution in [0.25, 0.3) is 0 Å². The van der Waals surface area contributed by atoms with Gasteiger partial charge in [0.05, 0.1) is 0 Å². The fraction of sp³-hybridized carbons (Fsp3) is 0.429. The van der Waals surface area contributed by atoms with Gasteiger partial charge in [0.2, 0.25) is 0 Å². The van der Waals surface area contributed by atoms with Gasteiger partial charge < -0.3 is 0 Å². The van der Waals surface area contributed by atoms with Gasteiger partial charge in [-0.15, -0.1) is 31.1 Å². The summed E-state index contributed by atoms with van der Waals surface area (Å²) < 4.78 is 0. The van der Waals surface area contributed by atoms with E-state index in [9.17, 15) is 0 Å². The van der Waals surface area contributed by atoms with Gasteiger partial charge in [0.25, 0.3) is 14.1 Å². The summed E-state index contributed by atoms with van der Waals surface area (Å²) in [4.78, 5) is 0. The molecular weight excluding hydrogens is 111 g/mol. The first-order valence-corrected chi connectivity index (χ1v) is 5.81. The first-order chi connectivity index (χ1) is 3.81. The van der Waals surface area contributed by atoms with Crippen molar-refractivity contribution in [3.63, 3.8) is 0 Å². The van der Waals surface area contributed by atoms with E-state index in [1.54, 1.807) is 0 Å². The zero-order valence-electron chi connectivity index (χ0n) is 5.56. The van der Waals surface area contributed by atoms with Gasteiger partial charge in [-0.05, 0) is 0 Å². The Morgan fingerprint density at radius 3 is 1.88 bits per heavy atom. The highest BCUT2D eigenvalue weighted by Gasteiger charge is 2.02. The molecule has 0 aromatic carbocycles. The van der Waals surface area contributed by atoms with Crippen molar-refractivity contribution < 1.29 is 0 Å². The molecule has 0 aliphatic heterocycles. The molecule has 0 radical (unpaired) electrons. The Morgan fingerprint density at radius 1 is 1.25 bits per heavy atom. The monoisotopic (exact) mass is 124 g/mol. The van der Waals surface area contributed by atoms with Gasteiger partial charge in [-0.3, -0.25) is 0 Å². The van der Waals surface area contributed by atoms with E-state index in [-0.39, 0.29) is 0 Å². The zero-order valence-corrected chi connectivity index (χ0v) is 6.72. The van der Waals surface area contributed by atoms with E-state index >= 15 is 0 Å². The van der Waals surface area contributed by atoms with Crippen molar-refractivity contribution in [2.45, 2.75) is 16.4 Å². The lowest BCUT2D eigenvalue weighted by Crippen LogP contribution is -2.00. The van der Waals surface area contributed by atoms with Crippen LogP contribution in [0.15, 0.2) is 25.3 Å². The van der Waals surface area contributed by atoms with Crippen LogP contribution in [0.1, 0.15) is 0 Å². The Bertz CT molecular complexity index is 66.5. The maximum atomic E-state index is 3.68. The molecule has 0 bridgehead atoms. The van der Waals surface area contributed by atoms with Gasteiger partial charge in [0.15, 0.2) is 0 Å². The Morgan fingerprint density at radius 2 is 1.62 bits per heavy atom. The number of allylic oxidation sites excluding steroid dienone is 2. The van der Waals surface area contributed by atoms with E-state index in [0.717, 1.165) is 0 Å². The van der Waals surface area contributed by atoms with Crippen LogP contribution in [0.4, 0.5) is 0 Å². The SMILES string of the molecule is C=C[CH2][Al]([CH3])[CH2]C=C. The van der Waals surface area contributed by atoms with Crippen LogP contribution >= 0.6 is 0 Å². The second-order valence-corrected chi connectivity index (χ2v) is 5.31. The van der Waals surface area contributed by atoms with Crippen molar-refractivity contribution in [1.82, 2.24) is 0 Å². The lowest BCUT2D eigenvalue weighted by atomic mass is 10.7. The minimum absolute atomic E-state index is 0.438. The van der Waals surface area contributed by atoms with Crippen LogP contribution in [0.2, 0.25) is 16.4 Å². The average Bonchev–Trinajstić information content (AvgIpc) is 1.68. The van der Waals surface area contributed by atoms with Crippen molar-refractivity contribution in [1.29, 1.82) is 0 Å². The molecule has 0 aromatic heterocycles. The Hall–Kier alpha value is 0.0125. The zero-order chi connectivity index (χ0) is 6.41. The Labute approximate surface area is 56.3 Å². The van der Waals surface area contributed by atoms with Crippen LogP contribution in [0.5, 0.6) is 0 Å². The molecule has 0 saturated heterocycles. The van der Waals surface area contributed by atoms with Crippen molar-refractivity contribution in [2.75, 3.05) is 0 Å². The van der Waals surface area contributed by atoms with Crippen molar-refractivity contribution >= 4 is 14.1 Å². The molecule has 0 unspecified atom stereocenters.